The topological polar surface area (TPSA) is 80.3 Å². The first-order valence-corrected chi connectivity index (χ1v) is 9.54. The molecule has 1 aromatic heterocycles. The van der Waals surface area contributed by atoms with Crippen molar-refractivity contribution >= 4 is 28.8 Å². The molecule has 1 aliphatic rings. The summed E-state index contributed by atoms with van der Waals surface area (Å²) in [6, 6.07) is 5.36. The number of amides is 2. The largest absolute Gasteiger partial charge is 0.497 e. The number of nitrogens with one attached hydrogen (secondary N) is 2. The van der Waals surface area contributed by atoms with E-state index in [1.165, 1.54) is 0 Å². The van der Waals surface area contributed by atoms with Gasteiger partial charge in [0.2, 0.25) is 11.8 Å². The monoisotopic (exact) mass is 373 g/mol. The lowest BCUT2D eigenvalue weighted by molar-refractivity contribution is -0.126. The standard InChI is InChI=1S/C19H23N3O3S/c1-4-5-18-21-11(2)16(26-18)10-20-19(24)14-9-17(23)22-15-7-6-12(25-3)8-13(14)15/h6-8,14H,4-5,9-10H2,1-3H3,(H,20,24)(H,22,23)/t14-/m1/s1. The highest BCUT2D eigenvalue weighted by Crippen LogP contribution is 2.35. The van der Waals surface area contributed by atoms with E-state index < -0.39 is 5.92 Å². The van der Waals surface area contributed by atoms with Gasteiger partial charge in [-0.05, 0) is 43.5 Å². The third-order valence-electron chi connectivity index (χ3n) is 4.44. The lowest BCUT2D eigenvalue weighted by atomic mass is 9.89. The van der Waals surface area contributed by atoms with Crippen LogP contribution in [0.15, 0.2) is 18.2 Å². The Morgan fingerprint density at radius 2 is 2.27 bits per heavy atom. The molecule has 0 saturated heterocycles. The first kappa shape index (κ1) is 18.4. The molecular formula is C19H23N3O3S. The summed E-state index contributed by atoms with van der Waals surface area (Å²) in [5.74, 6) is -0.154. The fourth-order valence-corrected chi connectivity index (χ4v) is 4.17. The van der Waals surface area contributed by atoms with E-state index in [1.54, 1.807) is 30.6 Å². The highest BCUT2D eigenvalue weighted by Gasteiger charge is 2.31. The molecule has 0 bridgehead atoms. The van der Waals surface area contributed by atoms with E-state index in [4.69, 9.17) is 4.74 Å². The fraction of sp³-hybridized carbons (Fsp3) is 0.421. The van der Waals surface area contributed by atoms with Crippen LogP contribution in [0.4, 0.5) is 5.69 Å². The van der Waals surface area contributed by atoms with Gasteiger partial charge in [-0.2, -0.15) is 0 Å². The van der Waals surface area contributed by atoms with Gasteiger partial charge in [0, 0.05) is 17.0 Å². The maximum absolute atomic E-state index is 12.8. The zero-order valence-electron chi connectivity index (χ0n) is 15.2. The van der Waals surface area contributed by atoms with E-state index >= 15 is 0 Å². The molecule has 0 fully saturated rings. The molecule has 1 aromatic carbocycles. The number of fused-ring (bicyclic) bond motifs is 1. The highest BCUT2D eigenvalue weighted by molar-refractivity contribution is 7.11. The molecule has 0 saturated carbocycles. The van der Waals surface area contributed by atoms with Gasteiger partial charge in [-0.25, -0.2) is 4.98 Å². The Morgan fingerprint density at radius 1 is 1.46 bits per heavy atom. The molecule has 3 rings (SSSR count). The Balaban J connectivity index is 1.75. The maximum Gasteiger partial charge on any atom is 0.228 e. The Kier molecular flexibility index (Phi) is 5.56. The van der Waals surface area contributed by atoms with Gasteiger partial charge in [0.1, 0.15) is 5.75 Å². The van der Waals surface area contributed by atoms with Crippen molar-refractivity contribution in [1.82, 2.24) is 10.3 Å². The lowest BCUT2D eigenvalue weighted by Crippen LogP contribution is -2.34. The molecule has 2 N–H and O–H groups in total. The number of aromatic nitrogens is 1. The van der Waals surface area contributed by atoms with E-state index in [-0.39, 0.29) is 18.2 Å². The van der Waals surface area contributed by atoms with Crippen LogP contribution in [0, 0.1) is 6.92 Å². The minimum absolute atomic E-state index is 0.134. The molecule has 0 radical (unpaired) electrons. The summed E-state index contributed by atoms with van der Waals surface area (Å²) in [4.78, 5) is 30.4. The molecular weight excluding hydrogens is 350 g/mol. The van der Waals surface area contributed by atoms with Gasteiger partial charge < -0.3 is 15.4 Å². The molecule has 26 heavy (non-hydrogen) atoms. The number of hydrogen-bond donors (Lipinski definition) is 2. The Bertz CT molecular complexity index is 831. The number of carbonyl (C=O) groups excluding carboxylic acids is 2. The quantitative estimate of drug-likeness (QED) is 0.815. The van der Waals surface area contributed by atoms with Crippen LogP contribution in [0.25, 0.3) is 0 Å². The van der Waals surface area contributed by atoms with Crippen molar-refractivity contribution in [3.8, 4) is 5.75 Å². The number of hydrogen-bond acceptors (Lipinski definition) is 5. The van der Waals surface area contributed by atoms with Gasteiger partial charge in [0.05, 0.1) is 30.3 Å². The zero-order chi connectivity index (χ0) is 18.7. The van der Waals surface area contributed by atoms with Crippen molar-refractivity contribution in [1.29, 1.82) is 0 Å². The molecule has 0 spiro atoms. The SMILES string of the molecule is CCCc1nc(C)c(CNC(=O)[C@@H]2CC(=O)Nc3ccc(OC)cc32)s1. The van der Waals surface area contributed by atoms with E-state index in [1.807, 2.05) is 13.0 Å². The Labute approximate surface area is 157 Å². The zero-order valence-corrected chi connectivity index (χ0v) is 16.0. The second-order valence-electron chi connectivity index (χ2n) is 6.34. The van der Waals surface area contributed by atoms with Gasteiger partial charge in [-0.15, -0.1) is 11.3 Å². The molecule has 0 unspecified atom stereocenters. The van der Waals surface area contributed by atoms with Gasteiger partial charge in [0.25, 0.3) is 0 Å². The Morgan fingerprint density at radius 3 is 3.00 bits per heavy atom. The summed E-state index contributed by atoms with van der Waals surface area (Å²) in [5, 5.41) is 6.89. The van der Waals surface area contributed by atoms with Crippen LogP contribution in [0.3, 0.4) is 0 Å². The number of carbonyl (C=O) groups is 2. The highest BCUT2D eigenvalue weighted by atomic mass is 32.1. The van der Waals surface area contributed by atoms with Crippen molar-refractivity contribution < 1.29 is 14.3 Å². The molecule has 1 atom stereocenters. The minimum Gasteiger partial charge on any atom is -0.497 e. The van der Waals surface area contributed by atoms with Crippen LogP contribution in [0.2, 0.25) is 0 Å². The van der Waals surface area contributed by atoms with Crippen molar-refractivity contribution in [2.45, 2.75) is 45.6 Å². The molecule has 2 amide bonds. The van der Waals surface area contributed by atoms with E-state index in [0.29, 0.717) is 18.0 Å². The number of thiazole rings is 1. The number of anilines is 1. The van der Waals surface area contributed by atoms with E-state index in [2.05, 4.69) is 22.5 Å². The fourth-order valence-electron chi connectivity index (χ4n) is 3.06. The number of ether oxygens (including phenoxy) is 1. The normalized spacial score (nSPS) is 16.0. The van der Waals surface area contributed by atoms with Gasteiger partial charge in [-0.3, -0.25) is 9.59 Å². The molecule has 7 heteroatoms. The van der Waals surface area contributed by atoms with Crippen LogP contribution in [-0.4, -0.2) is 23.9 Å². The van der Waals surface area contributed by atoms with Crippen molar-refractivity contribution in [2.75, 3.05) is 12.4 Å². The average molecular weight is 373 g/mol. The van der Waals surface area contributed by atoms with Crippen molar-refractivity contribution in [3.05, 3.63) is 39.3 Å². The summed E-state index contributed by atoms with van der Waals surface area (Å²) in [7, 11) is 1.58. The lowest BCUT2D eigenvalue weighted by Gasteiger charge is -2.25. The molecule has 2 heterocycles. The van der Waals surface area contributed by atoms with Crippen molar-refractivity contribution in [3.63, 3.8) is 0 Å². The summed E-state index contributed by atoms with van der Waals surface area (Å²) in [6.45, 7) is 4.52. The third-order valence-corrected chi connectivity index (χ3v) is 5.66. The van der Waals surface area contributed by atoms with Crippen LogP contribution >= 0.6 is 11.3 Å². The molecule has 6 nitrogen and oxygen atoms in total. The average Bonchev–Trinajstić information content (AvgIpc) is 2.98. The van der Waals surface area contributed by atoms with E-state index in [0.717, 1.165) is 34.0 Å². The summed E-state index contributed by atoms with van der Waals surface area (Å²) < 4.78 is 5.25. The first-order chi connectivity index (χ1) is 12.5. The first-order valence-electron chi connectivity index (χ1n) is 8.72. The van der Waals surface area contributed by atoms with Crippen LogP contribution in [0.5, 0.6) is 5.75 Å². The molecule has 0 aliphatic carbocycles. The second-order valence-corrected chi connectivity index (χ2v) is 7.51. The van der Waals surface area contributed by atoms with Crippen molar-refractivity contribution in [2.24, 2.45) is 0 Å². The van der Waals surface area contributed by atoms with Crippen LogP contribution in [0.1, 0.15) is 46.8 Å². The predicted molar refractivity (Wildman–Crippen MR) is 102 cm³/mol. The molecule has 138 valence electrons. The minimum atomic E-state index is -0.516. The number of aryl methyl sites for hydroxylation is 2. The number of benzene rings is 1. The number of nitrogens with zero attached hydrogens (tertiary/aromatic N) is 1. The van der Waals surface area contributed by atoms with E-state index in [9.17, 15) is 9.59 Å². The second kappa shape index (κ2) is 7.86. The number of rotatable bonds is 6. The summed E-state index contributed by atoms with van der Waals surface area (Å²) in [6.07, 6.45) is 2.14. The summed E-state index contributed by atoms with van der Waals surface area (Å²) >= 11 is 1.64. The van der Waals surface area contributed by atoms with Gasteiger partial charge >= 0.3 is 0 Å². The van der Waals surface area contributed by atoms with Gasteiger partial charge in [0.15, 0.2) is 0 Å². The Hall–Kier alpha value is -2.41. The smallest absolute Gasteiger partial charge is 0.228 e. The summed E-state index contributed by atoms with van der Waals surface area (Å²) in [5.41, 5.74) is 2.41. The van der Waals surface area contributed by atoms with Crippen LogP contribution in [-0.2, 0) is 22.6 Å². The number of methoxy groups -OCH3 is 1. The van der Waals surface area contributed by atoms with Crippen LogP contribution < -0.4 is 15.4 Å². The predicted octanol–water partition coefficient (Wildman–Crippen LogP) is 3.15. The maximum atomic E-state index is 12.8. The molecule has 1 aliphatic heterocycles. The third kappa shape index (κ3) is 3.88. The van der Waals surface area contributed by atoms with Gasteiger partial charge in [-0.1, -0.05) is 6.92 Å². The molecule has 2 aromatic rings.